The van der Waals surface area contributed by atoms with Crippen LogP contribution in [0.25, 0.3) is 0 Å². The zero-order chi connectivity index (χ0) is 12.8. The van der Waals surface area contributed by atoms with Gasteiger partial charge >= 0.3 is 0 Å². The molecular formula is C11H13ClN4S2. The Bertz CT molecular complexity index is 486. The minimum absolute atomic E-state index is 0.653. The minimum atomic E-state index is 0.653. The van der Waals surface area contributed by atoms with Gasteiger partial charge in [0.25, 0.3) is 0 Å². The Hall–Kier alpha value is -0.850. The first-order chi connectivity index (χ1) is 8.79. The summed E-state index contributed by atoms with van der Waals surface area (Å²) in [6.45, 7) is 3.08. The van der Waals surface area contributed by atoms with Gasteiger partial charge in [0.05, 0.1) is 10.0 Å². The van der Waals surface area contributed by atoms with E-state index in [4.69, 9.17) is 11.6 Å². The van der Waals surface area contributed by atoms with E-state index >= 15 is 0 Å². The summed E-state index contributed by atoms with van der Waals surface area (Å²) >= 11 is 8.82. The molecule has 0 atom stereocenters. The molecule has 2 aromatic rings. The lowest BCUT2D eigenvalue weighted by atomic mass is 10.4. The van der Waals surface area contributed by atoms with Gasteiger partial charge in [0.1, 0.15) is 10.7 Å². The fourth-order valence-electron chi connectivity index (χ4n) is 1.27. The molecule has 18 heavy (non-hydrogen) atoms. The molecule has 0 saturated heterocycles. The van der Waals surface area contributed by atoms with E-state index in [1.54, 1.807) is 18.0 Å². The number of anilines is 1. The molecule has 0 aliphatic heterocycles. The zero-order valence-corrected chi connectivity index (χ0v) is 12.3. The SMILES string of the molecule is CCCNc1snnc1CSc1ccc(Cl)cn1. The molecular weight excluding hydrogens is 288 g/mol. The van der Waals surface area contributed by atoms with Gasteiger partial charge in [-0.2, -0.15) is 0 Å². The normalized spacial score (nSPS) is 10.6. The summed E-state index contributed by atoms with van der Waals surface area (Å²) in [5.74, 6) is 0.761. The molecule has 4 nitrogen and oxygen atoms in total. The molecule has 2 rings (SSSR count). The van der Waals surface area contributed by atoms with Crippen molar-refractivity contribution >= 4 is 39.9 Å². The Morgan fingerprint density at radius 3 is 3.06 bits per heavy atom. The number of hydrogen-bond acceptors (Lipinski definition) is 6. The smallest absolute Gasteiger partial charge is 0.134 e. The van der Waals surface area contributed by atoms with Crippen LogP contribution in [-0.2, 0) is 5.75 Å². The predicted molar refractivity (Wildman–Crippen MR) is 77.5 cm³/mol. The Morgan fingerprint density at radius 2 is 2.33 bits per heavy atom. The standard InChI is InChI=1S/C11H13ClN4S2/c1-2-5-13-11-9(15-16-18-11)7-17-10-4-3-8(12)6-14-10/h3-4,6,13H,2,5,7H2,1H3. The molecule has 2 heterocycles. The molecule has 0 aliphatic rings. The van der Waals surface area contributed by atoms with E-state index in [1.165, 1.54) is 11.5 Å². The van der Waals surface area contributed by atoms with E-state index in [0.29, 0.717) is 5.02 Å². The van der Waals surface area contributed by atoms with Crippen LogP contribution in [0, 0.1) is 0 Å². The fourth-order valence-corrected chi connectivity index (χ4v) is 2.85. The number of rotatable bonds is 6. The lowest BCUT2D eigenvalue weighted by Crippen LogP contribution is -2.00. The predicted octanol–water partition coefficient (Wildman–Crippen LogP) is 3.70. The average molecular weight is 301 g/mol. The number of halogens is 1. The highest BCUT2D eigenvalue weighted by atomic mass is 35.5. The monoisotopic (exact) mass is 300 g/mol. The topological polar surface area (TPSA) is 50.7 Å². The number of nitrogens with zero attached hydrogens (tertiary/aromatic N) is 3. The van der Waals surface area contributed by atoms with Crippen molar-refractivity contribution in [3.63, 3.8) is 0 Å². The first kappa shape index (κ1) is 13.6. The van der Waals surface area contributed by atoms with Crippen LogP contribution in [0.5, 0.6) is 0 Å². The maximum absolute atomic E-state index is 5.79. The van der Waals surface area contributed by atoms with Crippen LogP contribution in [-0.4, -0.2) is 21.1 Å². The van der Waals surface area contributed by atoms with Gasteiger partial charge in [0.15, 0.2) is 0 Å². The molecule has 96 valence electrons. The number of nitrogens with one attached hydrogen (secondary N) is 1. The fraction of sp³-hybridized carbons (Fsp3) is 0.364. The molecule has 2 aromatic heterocycles. The maximum Gasteiger partial charge on any atom is 0.134 e. The van der Waals surface area contributed by atoms with Gasteiger partial charge in [-0.1, -0.05) is 34.8 Å². The van der Waals surface area contributed by atoms with E-state index in [9.17, 15) is 0 Å². The average Bonchev–Trinajstić information content (AvgIpc) is 2.83. The Labute approximate surface area is 119 Å². The highest BCUT2D eigenvalue weighted by Crippen LogP contribution is 2.26. The third kappa shape index (κ3) is 3.83. The van der Waals surface area contributed by atoms with Crippen molar-refractivity contribution in [1.29, 1.82) is 0 Å². The van der Waals surface area contributed by atoms with Gasteiger partial charge in [0.2, 0.25) is 0 Å². The van der Waals surface area contributed by atoms with E-state index in [-0.39, 0.29) is 0 Å². The van der Waals surface area contributed by atoms with Crippen molar-refractivity contribution in [2.24, 2.45) is 0 Å². The largest absolute Gasteiger partial charge is 0.374 e. The Kier molecular flexibility index (Phi) is 5.22. The molecule has 0 saturated carbocycles. The van der Waals surface area contributed by atoms with Gasteiger partial charge in [-0.05, 0) is 18.6 Å². The van der Waals surface area contributed by atoms with Gasteiger partial charge in [-0.3, -0.25) is 0 Å². The molecule has 0 fully saturated rings. The van der Waals surface area contributed by atoms with Gasteiger partial charge in [-0.15, -0.1) is 5.10 Å². The second-order valence-electron chi connectivity index (χ2n) is 3.58. The molecule has 0 amide bonds. The van der Waals surface area contributed by atoms with Crippen LogP contribution in [0.1, 0.15) is 19.0 Å². The maximum atomic E-state index is 5.79. The van der Waals surface area contributed by atoms with Crippen molar-refractivity contribution < 1.29 is 0 Å². The van der Waals surface area contributed by atoms with E-state index in [1.807, 2.05) is 12.1 Å². The minimum Gasteiger partial charge on any atom is -0.374 e. The van der Waals surface area contributed by atoms with Gasteiger partial charge in [0, 0.05) is 30.0 Å². The number of pyridine rings is 1. The first-order valence-corrected chi connectivity index (χ1v) is 7.72. The van der Waals surface area contributed by atoms with Crippen molar-refractivity contribution in [1.82, 2.24) is 14.6 Å². The third-order valence-corrected chi connectivity index (χ3v) is 4.05. The molecule has 0 radical (unpaired) electrons. The van der Waals surface area contributed by atoms with Gasteiger partial charge in [-0.25, -0.2) is 4.98 Å². The van der Waals surface area contributed by atoms with Crippen LogP contribution in [0.3, 0.4) is 0 Å². The van der Waals surface area contributed by atoms with E-state index in [2.05, 4.69) is 26.8 Å². The van der Waals surface area contributed by atoms with E-state index in [0.717, 1.165) is 34.4 Å². The number of aromatic nitrogens is 3. The molecule has 0 aromatic carbocycles. The molecule has 0 bridgehead atoms. The lowest BCUT2D eigenvalue weighted by Gasteiger charge is -2.03. The van der Waals surface area contributed by atoms with Crippen LogP contribution in [0.2, 0.25) is 5.02 Å². The number of hydrogen-bond donors (Lipinski definition) is 1. The van der Waals surface area contributed by atoms with Crippen molar-refractivity contribution in [3.05, 3.63) is 29.0 Å². The van der Waals surface area contributed by atoms with Crippen molar-refractivity contribution in [2.45, 2.75) is 24.1 Å². The Balaban J connectivity index is 1.93. The van der Waals surface area contributed by atoms with E-state index < -0.39 is 0 Å². The molecule has 0 spiro atoms. The molecule has 1 N–H and O–H groups in total. The van der Waals surface area contributed by atoms with Crippen molar-refractivity contribution in [3.8, 4) is 0 Å². The molecule has 0 unspecified atom stereocenters. The van der Waals surface area contributed by atoms with Crippen LogP contribution >= 0.6 is 34.9 Å². The Morgan fingerprint density at radius 1 is 1.44 bits per heavy atom. The first-order valence-electron chi connectivity index (χ1n) is 5.59. The summed E-state index contributed by atoms with van der Waals surface area (Å²) in [5, 5.41) is 10.1. The zero-order valence-electron chi connectivity index (χ0n) is 9.89. The lowest BCUT2D eigenvalue weighted by molar-refractivity contribution is 0.976. The second-order valence-corrected chi connectivity index (χ2v) is 5.77. The third-order valence-electron chi connectivity index (χ3n) is 2.15. The highest BCUT2D eigenvalue weighted by Gasteiger charge is 2.08. The van der Waals surface area contributed by atoms with Crippen LogP contribution in [0.15, 0.2) is 23.4 Å². The summed E-state index contributed by atoms with van der Waals surface area (Å²) < 4.78 is 3.98. The summed E-state index contributed by atoms with van der Waals surface area (Å²) in [6, 6.07) is 3.75. The summed E-state index contributed by atoms with van der Waals surface area (Å²) in [7, 11) is 0. The summed E-state index contributed by atoms with van der Waals surface area (Å²) in [5.41, 5.74) is 0.982. The molecule has 0 aliphatic carbocycles. The summed E-state index contributed by atoms with van der Waals surface area (Å²) in [4.78, 5) is 4.24. The summed E-state index contributed by atoms with van der Waals surface area (Å²) in [6.07, 6.45) is 2.74. The van der Waals surface area contributed by atoms with Gasteiger partial charge < -0.3 is 5.32 Å². The molecule has 7 heteroatoms. The second kappa shape index (κ2) is 6.92. The quantitative estimate of drug-likeness (QED) is 0.824. The van der Waals surface area contributed by atoms with Crippen molar-refractivity contribution in [2.75, 3.05) is 11.9 Å². The van der Waals surface area contributed by atoms with Crippen LogP contribution in [0.4, 0.5) is 5.00 Å². The number of thioether (sulfide) groups is 1. The highest BCUT2D eigenvalue weighted by molar-refractivity contribution is 7.98. The van der Waals surface area contributed by atoms with Crippen LogP contribution < -0.4 is 5.32 Å².